The summed E-state index contributed by atoms with van der Waals surface area (Å²) < 4.78 is 146. The van der Waals surface area contributed by atoms with Gasteiger partial charge in [0, 0.05) is 6.92 Å². The van der Waals surface area contributed by atoms with Crippen LogP contribution in [0.5, 0.6) is 0 Å². The third kappa shape index (κ3) is 12.8. The van der Waals surface area contributed by atoms with Gasteiger partial charge in [-0.3, -0.25) is 18.5 Å². The lowest BCUT2D eigenvalue weighted by Crippen LogP contribution is -2.70. The molecule has 0 saturated carbocycles. The maximum atomic E-state index is 12.6. The molecule has 0 aromatic heterocycles. The van der Waals surface area contributed by atoms with Crippen LogP contribution in [-0.4, -0.2) is 244 Å². The van der Waals surface area contributed by atoms with Gasteiger partial charge >= 0.3 is 43.0 Å². The van der Waals surface area contributed by atoms with Gasteiger partial charge in [0.2, 0.25) is 5.91 Å². The highest BCUT2D eigenvalue weighted by Gasteiger charge is 2.59. The van der Waals surface area contributed by atoms with E-state index < -0.39 is 185 Å². The van der Waals surface area contributed by atoms with Gasteiger partial charge in [-0.05, 0) is 0 Å². The minimum atomic E-state index is -5.84. The fourth-order valence-corrected chi connectivity index (χ4v) is 7.96. The van der Waals surface area contributed by atoms with Crippen LogP contribution in [0.1, 0.15) is 6.92 Å². The van der Waals surface area contributed by atoms with E-state index >= 15 is 0 Å². The molecule has 20 atom stereocenters. The Bertz CT molecular complexity index is 1920. The Kier molecular flexibility index (Phi) is 17.0. The zero-order valence-electron chi connectivity index (χ0n) is 30.8. The summed E-state index contributed by atoms with van der Waals surface area (Å²) in [5.41, 5.74) is 0. The van der Waals surface area contributed by atoms with E-state index in [0.717, 1.165) is 6.92 Å². The third-order valence-corrected chi connectivity index (χ3v) is 10.7. The molecule has 1 unspecified atom stereocenters. The summed E-state index contributed by atoms with van der Waals surface area (Å²) in [6.07, 6.45) is -43.7. The Hall–Kier alpha value is -2.58. The van der Waals surface area contributed by atoms with E-state index in [2.05, 4.69) is 13.7 Å². The van der Waals surface area contributed by atoms with Gasteiger partial charge in [-0.25, -0.2) is 18.0 Å². The number of hydrogen-bond acceptors (Lipinski definition) is 26. The van der Waals surface area contributed by atoms with Crippen LogP contribution in [-0.2, 0) is 87.0 Å². The monoisotopic (exact) mass is 974 g/mol. The molecule has 0 aromatic rings. The molecule has 4 aliphatic heterocycles. The molecule has 0 bridgehead atoms. The SMILES string of the molecule is CC(=O)N[C@H]1[C@@H](O[C@H]2[C@H](O)[C@@H](O)C(O)O[C@@H]2C(=O)O)O[C@H](COS(=O)(=O)O)[C@@H](O[C@@H]2O[C@H](C(=O)O)[C@@H](O[C@H]3O[C@H](CO)[C@@H](O)[C@H](O)[C@H]3NS(=O)(=O)O)[C@H](O)[C@H]2OS(=O)(=O)O)[C@@H]1O. The molecule has 36 heteroatoms. The number of carboxylic acids is 2. The lowest BCUT2D eigenvalue weighted by molar-refractivity contribution is -0.367. The van der Waals surface area contributed by atoms with Crippen LogP contribution >= 0.6 is 0 Å². The van der Waals surface area contributed by atoms with Crippen molar-refractivity contribution in [2.24, 2.45) is 0 Å². The number of nitrogens with one attached hydrogen (secondary N) is 2. The Balaban J connectivity index is 1.75. The van der Waals surface area contributed by atoms with Crippen LogP contribution in [0.3, 0.4) is 0 Å². The van der Waals surface area contributed by atoms with Gasteiger partial charge in [0.05, 0.1) is 13.2 Å². The van der Waals surface area contributed by atoms with Crippen LogP contribution in [0.25, 0.3) is 0 Å². The van der Waals surface area contributed by atoms with Crippen molar-refractivity contribution >= 4 is 48.9 Å². The Morgan fingerprint density at radius 1 is 0.581 bits per heavy atom. The normalized spacial score (nSPS) is 42.2. The van der Waals surface area contributed by atoms with Crippen LogP contribution in [0.2, 0.25) is 0 Å². The average Bonchev–Trinajstić information content (AvgIpc) is 3.13. The van der Waals surface area contributed by atoms with E-state index in [9.17, 15) is 104 Å². The van der Waals surface area contributed by atoms with Crippen molar-refractivity contribution in [2.75, 3.05) is 13.2 Å². The van der Waals surface area contributed by atoms with E-state index in [4.69, 9.17) is 33.2 Å². The minimum absolute atomic E-state index is 0.814. The van der Waals surface area contributed by atoms with Gasteiger partial charge < -0.3 is 89.5 Å². The predicted molar refractivity (Wildman–Crippen MR) is 180 cm³/mol. The summed E-state index contributed by atoms with van der Waals surface area (Å²) in [4.78, 5) is 36.8. The number of hydrogen-bond donors (Lipinski definition) is 15. The molecule has 4 rings (SSSR count). The lowest BCUT2D eigenvalue weighted by atomic mass is 9.94. The Morgan fingerprint density at radius 3 is 1.60 bits per heavy atom. The number of ether oxygens (including phenoxy) is 7. The molecule has 4 fully saturated rings. The number of aliphatic carboxylic acids is 2. The van der Waals surface area contributed by atoms with Gasteiger partial charge in [0.15, 0.2) is 43.5 Å². The fraction of sp³-hybridized carbons (Fsp3) is 0.885. The summed E-state index contributed by atoms with van der Waals surface area (Å²) in [5.74, 6) is -5.18. The molecule has 4 saturated heterocycles. The first-order valence-electron chi connectivity index (χ1n) is 17.1. The highest BCUT2D eigenvalue weighted by molar-refractivity contribution is 7.83. The van der Waals surface area contributed by atoms with Gasteiger partial charge in [0.25, 0.3) is 0 Å². The number of amides is 1. The highest BCUT2D eigenvalue weighted by atomic mass is 32.3. The fourth-order valence-electron chi connectivity index (χ4n) is 6.57. The zero-order chi connectivity index (χ0) is 47.0. The van der Waals surface area contributed by atoms with E-state index in [1.54, 1.807) is 0 Å². The van der Waals surface area contributed by atoms with Crippen LogP contribution in [0, 0.1) is 0 Å². The van der Waals surface area contributed by atoms with Crippen molar-refractivity contribution < 1.29 is 146 Å². The summed E-state index contributed by atoms with van der Waals surface area (Å²) in [6.45, 7) is -1.84. The molecule has 0 radical (unpaired) electrons. The van der Waals surface area contributed by atoms with E-state index in [1.807, 2.05) is 0 Å². The van der Waals surface area contributed by atoms with Crippen molar-refractivity contribution in [3.8, 4) is 0 Å². The topological polar surface area (TPSA) is 524 Å². The van der Waals surface area contributed by atoms with Crippen molar-refractivity contribution in [3.05, 3.63) is 0 Å². The maximum Gasteiger partial charge on any atom is 0.397 e. The molecule has 4 heterocycles. The standard InChI is InChI=1S/C26H42N2O31S3/c1-4(30)27-7-11(33)15(6(3-51-61(45,46)47)53-24(7)56-16-12(34)13(35)23(41)54-19(16)21(37)38)55-26-18(59-62(48,49)50)14(36)17(20(58-26)22(39)40)57-25-8(28-60(42,43)44)10(32)9(31)5(2-29)52-25/h5-20,23-26,28-29,31-36,41H,2-3H2,1H3,(H,27,30)(H,37,38)(H,39,40)(H,42,43,44)(H,45,46,47)(H,48,49,50)/t5-,6-,7-,8-,9-,10-,11-,12-,13-,14+,15-,16+,17+,18-,19+,20+,23?,24-,25-,26-/m1/s1. The van der Waals surface area contributed by atoms with Crippen LogP contribution < -0.4 is 10.0 Å². The van der Waals surface area contributed by atoms with Crippen molar-refractivity contribution in [2.45, 2.75) is 130 Å². The van der Waals surface area contributed by atoms with Crippen molar-refractivity contribution in [1.82, 2.24) is 10.0 Å². The van der Waals surface area contributed by atoms with Crippen LogP contribution in [0.4, 0.5) is 0 Å². The first-order chi connectivity index (χ1) is 28.4. The second-order valence-corrected chi connectivity index (χ2v) is 16.9. The van der Waals surface area contributed by atoms with Crippen molar-refractivity contribution in [3.63, 3.8) is 0 Å². The molecule has 62 heavy (non-hydrogen) atoms. The number of aliphatic hydroxyl groups is 8. The predicted octanol–water partition coefficient (Wildman–Crippen LogP) is -10.4. The molecular weight excluding hydrogens is 932 g/mol. The Labute approximate surface area is 347 Å². The van der Waals surface area contributed by atoms with E-state index in [1.165, 1.54) is 4.72 Å². The summed E-state index contributed by atoms with van der Waals surface area (Å²) in [6, 6.07) is -4.44. The second-order valence-electron chi connectivity index (χ2n) is 13.6. The van der Waals surface area contributed by atoms with Crippen molar-refractivity contribution in [1.29, 1.82) is 0 Å². The molecule has 0 aliphatic carbocycles. The Morgan fingerprint density at radius 2 is 1.10 bits per heavy atom. The maximum absolute atomic E-state index is 12.6. The molecule has 33 nitrogen and oxygen atoms in total. The number of carboxylic acid groups (broad SMARTS) is 2. The number of carbonyl (C=O) groups excluding carboxylic acids is 1. The second kappa shape index (κ2) is 20.3. The summed E-state index contributed by atoms with van der Waals surface area (Å²) in [7, 11) is -16.7. The van der Waals surface area contributed by atoms with Gasteiger partial charge in [0.1, 0.15) is 79.2 Å². The quantitative estimate of drug-likeness (QED) is 0.0602. The summed E-state index contributed by atoms with van der Waals surface area (Å²) >= 11 is 0. The third-order valence-electron chi connectivity index (χ3n) is 9.27. The van der Waals surface area contributed by atoms with Gasteiger partial charge in [-0.1, -0.05) is 0 Å². The number of rotatable bonds is 17. The molecule has 15 N–H and O–H groups in total. The molecule has 0 aromatic carbocycles. The highest BCUT2D eigenvalue weighted by Crippen LogP contribution is 2.36. The largest absolute Gasteiger partial charge is 0.479 e. The average molecular weight is 975 g/mol. The van der Waals surface area contributed by atoms with Gasteiger partial charge in [-0.2, -0.15) is 30.0 Å². The zero-order valence-corrected chi connectivity index (χ0v) is 33.3. The molecule has 0 spiro atoms. The smallest absolute Gasteiger partial charge is 0.397 e. The first-order valence-corrected chi connectivity index (χ1v) is 21.3. The number of aliphatic hydroxyl groups excluding tert-OH is 8. The van der Waals surface area contributed by atoms with E-state index in [-0.39, 0.29) is 0 Å². The van der Waals surface area contributed by atoms with E-state index in [0.29, 0.717) is 0 Å². The molecular formula is C26H42N2O31S3. The van der Waals surface area contributed by atoms with Crippen LogP contribution in [0.15, 0.2) is 0 Å². The molecule has 360 valence electrons. The van der Waals surface area contributed by atoms with Gasteiger partial charge in [-0.15, -0.1) is 0 Å². The first kappa shape index (κ1) is 52.0. The lowest BCUT2D eigenvalue weighted by Gasteiger charge is -2.49. The molecule has 1 amide bonds. The molecule has 4 aliphatic rings. The minimum Gasteiger partial charge on any atom is -0.479 e. The number of carbonyl (C=O) groups is 3. The summed E-state index contributed by atoms with van der Waals surface area (Å²) in [5, 5.41) is 106.